The van der Waals surface area contributed by atoms with Crippen LogP contribution in [0.25, 0.3) is 0 Å². The van der Waals surface area contributed by atoms with E-state index in [2.05, 4.69) is 10.6 Å². The summed E-state index contributed by atoms with van der Waals surface area (Å²) in [6.07, 6.45) is 0.452. The molecular formula is C29H42N4O7. The summed E-state index contributed by atoms with van der Waals surface area (Å²) in [5.41, 5.74) is 0.982. The molecule has 40 heavy (non-hydrogen) atoms. The molecule has 0 aliphatic carbocycles. The minimum Gasteiger partial charge on any atom is -0.458 e. The van der Waals surface area contributed by atoms with E-state index in [-0.39, 0.29) is 6.42 Å². The van der Waals surface area contributed by atoms with E-state index in [1.54, 1.807) is 48.5 Å². The van der Waals surface area contributed by atoms with Crippen LogP contribution in [0.4, 0.5) is 10.5 Å². The van der Waals surface area contributed by atoms with Crippen molar-refractivity contribution in [2.24, 2.45) is 0 Å². The van der Waals surface area contributed by atoms with Gasteiger partial charge in [-0.05, 0) is 79.4 Å². The molecular weight excluding hydrogens is 516 g/mol. The van der Waals surface area contributed by atoms with E-state index >= 15 is 0 Å². The van der Waals surface area contributed by atoms with Crippen LogP contribution in [0.5, 0.6) is 0 Å². The van der Waals surface area contributed by atoms with Crippen molar-refractivity contribution >= 4 is 35.5 Å². The smallest absolute Gasteiger partial charge is 0.410 e. The Kier molecular flexibility index (Phi) is 8.86. The van der Waals surface area contributed by atoms with Crippen LogP contribution in [0.2, 0.25) is 0 Å². The molecule has 0 saturated carbocycles. The Hall–Kier alpha value is -3.63. The lowest BCUT2D eigenvalue weighted by Crippen LogP contribution is -2.58. The Morgan fingerprint density at radius 2 is 1.60 bits per heavy atom. The van der Waals surface area contributed by atoms with Crippen LogP contribution < -0.4 is 15.5 Å². The van der Waals surface area contributed by atoms with Gasteiger partial charge in [-0.15, -0.1) is 0 Å². The van der Waals surface area contributed by atoms with Gasteiger partial charge in [0.2, 0.25) is 17.7 Å². The Morgan fingerprint density at radius 1 is 1.00 bits per heavy atom. The summed E-state index contributed by atoms with van der Waals surface area (Å²) < 4.78 is 10.7. The number of benzene rings is 1. The third kappa shape index (κ3) is 7.11. The molecule has 220 valence electrons. The number of carbonyl (C=O) groups is 5. The Bertz CT molecular complexity index is 1180. The highest BCUT2D eigenvalue weighted by molar-refractivity contribution is 6.08. The summed E-state index contributed by atoms with van der Waals surface area (Å²) in [6.45, 7) is 13.5. The highest BCUT2D eigenvalue weighted by atomic mass is 16.6. The molecule has 4 amide bonds. The van der Waals surface area contributed by atoms with Crippen LogP contribution in [-0.4, -0.2) is 77.1 Å². The van der Waals surface area contributed by atoms with E-state index in [0.717, 1.165) is 11.1 Å². The van der Waals surface area contributed by atoms with E-state index in [4.69, 9.17) is 9.47 Å². The van der Waals surface area contributed by atoms with Gasteiger partial charge in [0.1, 0.15) is 35.4 Å². The second-order valence-corrected chi connectivity index (χ2v) is 12.5. The number of hydrogen-bond donors (Lipinski definition) is 2. The van der Waals surface area contributed by atoms with Crippen molar-refractivity contribution in [3.8, 4) is 0 Å². The second kappa shape index (κ2) is 11.5. The average molecular weight is 559 g/mol. The molecule has 11 heteroatoms. The number of para-hydroxylation sites is 1. The van der Waals surface area contributed by atoms with Crippen LogP contribution in [0.3, 0.4) is 0 Å². The first-order valence-electron chi connectivity index (χ1n) is 13.6. The number of nitrogens with zero attached hydrogens (tertiary/aromatic N) is 2. The number of rotatable bonds is 6. The molecule has 2 N–H and O–H groups in total. The van der Waals surface area contributed by atoms with Crippen LogP contribution in [-0.2, 0) is 41.5 Å². The van der Waals surface area contributed by atoms with Gasteiger partial charge in [-0.1, -0.05) is 18.2 Å². The predicted molar refractivity (Wildman–Crippen MR) is 149 cm³/mol. The lowest BCUT2D eigenvalue weighted by atomic mass is 10.0. The number of amides is 4. The number of likely N-dealkylation sites (N-methyl/N-ethyl adjacent to an activating group) is 1. The molecule has 2 aliphatic heterocycles. The summed E-state index contributed by atoms with van der Waals surface area (Å²) in [7, 11) is 1.46. The van der Waals surface area contributed by atoms with Crippen molar-refractivity contribution in [3.63, 3.8) is 0 Å². The van der Waals surface area contributed by atoms with Gasteiger partial charge in [0.15, 0.2) is 0 Å². The minimum absolute atomic E-state index is 0.278. The van der Waals surface area contributed by atoms with E-state index in [1.165, 1.54) is 23.8 Å². The zero-order valence-corrected chi connectivity index (χ0v) is 24.9. The van der Waals surface area contributed by atoms with Gasteiger partial charge < -0.3 is 20.1 Å². The molecule has 2 aliphatic rings. The first-order chi connectivity index (χ1) is 18.4. The van der Waals surface area contributed by atoms with Crippen LogP contribution in [0.1, 0.15) is 72.9 Å². The third-order valence-corrected chi connectivity index (χ3v) is 6.79. The molecule has 11 nitrogen and oxygen atoms in total. The van der Waals surface area contributed by atoms with Gasteiger partial charge in [0.25, 0.3) is 0 Å². The lowest BCUT2D eigenvalue weighted by Gasteiger charge is -2.31. The highest BCUT2D eigenvalue weighted by Crippen LogP contribution is 2.39. The number of ether oxygens (including phenoxy) is 2. The molecule has 0 fully saturated rings. The van der Waals surface area contributed by atoms with Crippen molar-refractivity contribution in [1.82, 2.24) is 15.5 Å². The average Bonchev–Trinajstić information content (AvgIpc) is 3.17. The molecule has 3 rings (SSSR count). The Labute approximate surface area is 235 Å². The number of hydrogen-bond acceptors (Lipinski definition) is 7. The van der Waals surface area contributed by atoms with Gasteiger partial charge in [0.05, 0.1) is 5.69 Å². The molecule has 2 heterocycles. The summed E-state index contributed by atoms with van der Waals surface area (Å²) in [6, 6.07) is 2.03. The fraction of sp³-hybridized carbons (Fsp3) is 0.621. The van der Waals surface area contributed by atoms with Gasteiger partial charge >= 0.3 is 12.1 Å². The van der Waals surface area contributed by atoms with E-state index in [0.29, 0.717) is 18.5 Å². The number of esters is 1. The monoisotopic (exact) mass is 558 g/mol. The quantitative estimate of drug-likeness (QED) is 0.512. The summed E-state index contributed by atoms with van der Waals surface area (Å²) in [5, 5.41) is 5.48. The van der Waals surface area contributed by atoms with E-state index in [9.17, 15) is 24.0 Å². The first kappa shape index (κ1) is 30.9. The van der Waals surface area contributed by atoms with Crippen LogP contribution in [0, 0.1) is 0 Å². The molecule has 0 saturated heterocycles. The van der Waals surface area contributed by atoms with Gasteiger partial charge in [-0.2, -0.15) is 0 Å². The van der Waals surface area contributed by atoms with Gasteiger partial charge in [-0.3, -0.25) is 24.2 Å². The molecule has 1 aromatic carbocycles. The van der Waals surface area contributed by atoms with Crippen molar-refractivity contribution in [1.29, 1.82) is 0 Å². The third-order valence-electron chi connectivity index (χ3n) is 6.79. The SMILES string of the molecule is C[C@H](NC(=O)[C@@H]1Cc2cccc3c2N1C(=O)[C@@H](NC(=O)[C@H](C)N(C)C(=O)OC(C)(C)C)CC3)C(=O)OC(C)(C)C. The molecule has 0 bridgehead atoms. The van der Waals surface area contributed by atoms with Crippen molar-refractivity contribution < 1.29 is 33.4 Å². The topological polar surface area (TPSA) is 134 Å². The molecule has 0 aromatic heterocycles. The largest absolute Gasteiger partial charge is 0.458 e. The number of anilines is 1. The van der Waals surface area contributed by atoms with E-state index < -0.39 is 65.2 Å². The summed E-state index contributed by atoms with van der Waals surface area (Å²) in [5.74, 6) is -2.00. The maximum Gasteiger partial charge on any atom is 0.410 e. The van der Waals surface area contributed by atoms with Crippen molar-refractivity contribution in [2.75, 3.05) is 11.9 Å². The number of carbonyl (C=O) groups excluding carboxylic acids is 5. The Balaban J connectivity index is 1.79. The molecule has 1 aromatic rings. The molecule has 0 radical (unpaired) electrons. The summed E-state index contributed by atoms with van der Waals surface area (Å²) in [4.78, 5) is 68.0. The fourth-order valence-electron chi connectivity index (χ4n) is 4.69. The standard InChI is InChI=1S/C29H42N4O7/c1-16(26(37)39-28(3,4)5)30-24(35)21-15-19-12-10-11-18-13-14-20(25(36)33(21)22(18)19)31-23(34)17(2)32(9)27(38)40-29(6,7)8/h10-12,16-17,20-21H,13-15H2,1-9H3,(H,30,35)(H,31,34)/t16-,17-,20-,21-/m0/s1. The zero-order chi connectivity index (χ0) is 30.2. The summed E-state index contributed by atoms with van der Waals surface area (Å²) >= 11 is 0. The predicted octanol–water partition coefficient (Wildman–Crippen LogP) is 2.48. The zero-order valence-electron chi connectivity index (χ0n) is 24.9. The number of nitrogens with one attached hydrogen (secondary N) is 2. The lowest BCUT2D eigenvalue weighted by molar-refractivity contribution is -0.158. The van der Waals surface area contributed by atoms with Crippen LogP contribution in [0.15, 0.2) is 18.2 Å². The van der Waals surface area contributed by atoms with Crippen LogP contribution >= 0.6 is 0 Å². The van der Waals surface area contributed by atoms with Gasteiger partial charge in [0, 0.05) is 13.5 Å². The van der Waals surface area contributed by atoms with E-state index in [1.807, 2.05) is 18.2 Å². The minimum atomic E-state index is -0.920. The Morgan fingerprint density at radius 3 is 2.20 bits per heavy atom. The van der Waals surface area contributed by atoms with Gasteiger partial charge in [-0.25, -0.2) is 9.59 Å². The molecule has 0 spiro atoms. The highest BCUT2D eigenvalue weighted by Gasteiger charge is 2.45. The number of aryl methyl sites for hydroxylation is 1. The first-order valence-corrected chi connectivity index (χ1v) is 13.6. The maximum absolute atomic E-state index is 13.9. The second-order valence-electron chi connectivity index (χ2n) is 12.5. The molecule has 0 unspecified atom stereocenters. The normalized spacial score (nSPS) is 20.0. The fourth-order valence-corrected chi connectivity index (χ4v) is 4.69. The van der Waals surface area contributed by atoms with Crippen molar-refractivity contribution in [2.45, 2.75) is 110 Å². The molecule has 4 atom stereocenters. The maximum atomic E-state index is 13.9. The van der Waals surface area contributed by atoms with Crippen molar-refractivity contribution in [3.05, 3.63) is 29.3 Å².